The largest absolute Gasteiger partial charge is 0.395 e. The van der Waals surface area contributed by atoms with Gasteiger partial charge in [-0.3, -0.25) is 4.79 Å². The SMILES string of the molecule is CCCC(N)CC(=O)N(CCO)C1CCN(C)CC1. The van der Waals surface area contributed by atoms with Crippen molar-refractivity contribution in [3.05, 3.63) is 0 Å². The first kappa shape index (κ1) is 16.4. The summed E-state index contributed by atoms with van der Waals surface area (Å²) >= 11 is 0. The van der Waals surface area contributed by atoms with Crippen LogP contribution in [0.5, 0.6) is 0 Å². The molecule has 0 saturated carbocycles. The highest BCUT2D eigenvalue weighted by Gasteiger charge is 2.27. The van der Waals surface area contributed by atoms with E-state index < -0.39 is 0 Å². The fraction of sp³-hybridized carbons (Fsp3) is 0.929. The summed E-state index contributed by atoms with van der Waals surface area (Å²) in [6.45, 7) is 4.57. The summed E-state index contributed by atoms with van der Waals surface area (Å²) in [7, 11) is 2.10. The minimum atomic E-state index is -0.0510. The molecule has 3 N–H and O–H groups in total. The van der Waals surface area contributed by atoms with E-state index >= 15 is 0 Å². The minimum Gasteiger partial charge on any atom is -0.395 e. The maximum absolute atomic E-state index is 12.3. The average molecular weight is 271 g/mol. The Hall–Kier alpha value is -0.650. The Labute approximate surface area is 116 Å². The van der Waals surface area contributed by atoms with Gasteiger partial charge in [0.25, 0.3) is 0 Å². The van der Waals surface area contributed by atoms with Crippen LogP contribution in [-0.2, 0) is 4.79 Å². The van der Waals surface area contributed by atoms with Crippen molar-refractivity contribution in [2.45, 2.75) is 51.1 Å². The molecule has 1 rings (SSSR count). The third-order valence-electron chi connectivity index (χ3n) is 3.89. The van der Waals surface area contributed by atoms with Crippen molar-refractivity contribution >= 4 is 5.91 Å². The Kier molecular flexibility index (Phi) is 7.34. The number of hydrogen-bond acceptors (Lipinski definition) is 4. The van der Waals surface area contributed by atoms with E-state index in [1.807, 2.05) is 4.90 Å². The van der Waals surface area contributed by atoms with Crippen molar-refractivity contribution in [1.82, 2.24) is 9.80 Å². The Morgan fingerprint density at radius 1 is 1.47 bits per heavy atom. The van der Waals surface area contributed by atoms with Gasteiger partial charge in [-0.15, -0.1) is 0 Å². The summed E-state index contributed by atoms with van der Waals surface area (Å²) in [6.07, 6.45) is 4.27. The predicted octanol–water partition coefficient (Wildman–Crippen LogP) is 0.419. The quantitative estimate of drug-likeness (QED) is 0.704. The van der Waals surface area contributed by atoms with Gasteiger partial charge in [-0.2, -0.15) is 0 Å². The number of nitrogens with two attached hydrogens (primary N) is 1. The van der Waals surface area contributed by atoms with Crippen LogP contribution in [0.25, 0.3) is 0 Å². The van der Waals surface area contributed by atoms with Crippen molar-refractivity contribution in [3.63, 3.8) is 0 Å². The Balaban J connectivity index is 2.53. The maximum atomic E-state index is 12.3. The van der Waals surface area contributed by atoms with E-state index in [0.29, 0.717) is 13.0 Å². The first-order valence-electron chi connectivity index (χ1n) is 7.43. The van der Waals surface area contributed by atoms with Crippen LogP contribution in [0.3, 0.4) is 0 Å². The molecule has 1 aliphatic rings. The molecule has 1 amide bonds. The van der Waals surface area contributed by atoms with Crippen molar-refractivity contribution in [2.24, 2.45) is 5.73 Å². The Morgan fingerprint density at radius 3 is 2.63 bits per heavy atom. The maximum Gasteiger partial charge on any atom is 0.224 e. The molecular formula is C14H29N3O2. The number of piperidine rings is 1. The molecule has 1 heterocycles. The molecule has 5 heteroatoms. The Morgan fingerprint density at radius 2 is 2.11 bits per heavy atom. The van der Waals surface area contributed by atoms with Gasteiger partial charge in [-0.1, -0.05) is 13.3 Å². The number of nitrogens with zero attached hydrogens (tertiary/aromatic N) is 2. The molecule has 0 aromatic rings. The number of aliphatic hydroxyl groups excluding tert-OH is 1. The predicted molar refractivity (Wildman–Crippen MR) is 76.8 cm³/mol. The van der Waals surface area contributed by atoms with Crippen LogP contribution < -0.4 is 5.73 Å². The summed E-state index contributed by atoms with van der Waals surface area (Å²) in [5.74, 6) is 0.101. The summed E-state index contributed by atoms with van der Waals surface area (Å²) in [5.41, 5.74) is 5.95. The normalized spacial score (nSPS) is 19.4. The van der Waals surface area contributed by atoms with Crippen LogP contribution in [0, 0.1) is 0 Å². The second-order valence-electron chi connectivity index (χ2n) is 5.60. The van der Waals surface area contributed by atoms with Crippen molar-refractivity contribution < 1.29 is 9.90 Å². The molecule has 112 valence electrons. The highest BCUT2D eigenvalue weighted by atomic mass is 16.3. The molecule has 1 fully saturated rings. The van der Waals surface area contributed by atoms with E-state index in [1.54, 1.807) is 0 Å². The summed E-state index contributed by atoms with van der Waals surface area (Å²) < 4.78 is 0. The van der Waals surface area contributed by atoms with Crippen LogP contribution in [0.1, 0.15) is 39.0 Å². The van der Waals surface area contributed by atoms with E-state index in [1.165, 1.54) is 0 Å². The molecule has 1 aliphatic heterocycles. The second-order valence-corrected chi connectivity index (χ2v) is 5.60. The first-order chi connectivity index (χ1) is 9.08. The number of aliphatic hydroxyl groups is 1. The highest BCUT2D eigenvalue weighted by molar-refractivity contribution is 5.77. The second kappa shape index (κ2) is 8.51. The lowest BCUT2D eigenvalue weighted by Gasteiger charge is -2.37. The molecule has 0 aromatic carbocycles. The van der Waals surface area contributed by atoms with Crippen molar-refractivity contribution in [2.75, 3.05) is 33.3 Å². The third-order valence-corrected chi connectivity index (χ3v) is 3.89. The van der Waals surface area contributed by atoms with Gasteiger partial charge < -0.3 is 20.6 Å². The van der Waals surface area contributed by atoms with E-state index in [4.69, 9.17) is 5.73 Å². The highest BCUT2D eigenvalue weighted by Crippen LogP contribution is 2.17. The number of likely N-dealkylation sites (tertiary alicyclic amines) is 1. The molecule has 1 saturated heterocycles. The molecule has 0 bridgehead atoms. The monoisotopic (exact) mass is 271 g/mol. The minimum absolute atomic E-state index is 0.0289. The fourth-order valence-corrected chi connectivity index (χ4v) is 2.74. The summed E-state index contributed by atoms with van der Waals surface area (Å²) in [4.78, 5) is 16.4. The number of amides is 1. The lowest BCUT2D eigenvalue weighted by Crippen LogP contribution is -2.48. The van der Waals surface area contributed by atoms with Crippen LogP contribution in [0.2, 0.25) is 0 Å². The van der Waals surface area contributed by atoms with Gasteiger partial charge in [0.1, 0.15) is 0 Å². The number of rotatable bonds is 7. The van der Waals surface area contributed by atoms with Gasteiger partial charge in [0, 0.05) is 25.0 Å². The number of carbonyl (C=O) groups is 1. The van der Waals surface area contributed by atoms with Crippen molar-refractivity contribution in [1.29, 1.82) is 0 Å². The average Bonchev–Trinajstić information content (AvgIpc) is 2.37. The van der Waals surface area contributed by atoms with Crippen LogP contribution in [0.15, 0.2) is 0 Å². The van der Waals surface area contributed by atoms with E-state index in [-0.39, 0.29) is 24.6 Å². The summed E-state index contributed by atoms with van der Waals surface area (Å²) in [5, 5.41) is 9.17. The molecular weight excluding hydrogens is 242 g/mol. The van der Waals surface area contributed by atoms with Gasteiger partial charge in [-0.25, -0.2) is 0 Å². The zero-order valence-corrected chi connectivity index (χ0v) is 12.3. The van der Waals surface area contributed by atoms with Crippen molar-refractivity contribution in [3.8, 4) is 0 Å². The molecule has 0 spiro atoms. The Bertz CT molecular complexity index is 265. The van der Waals surface area contributed by atoms with Crippen LogP contribution in [0.4, 0.5) is 0 Å². The molecule has 5 nitrogen and oxygen atoms in total. The smallest absolute Gasteiger partial charge is 0.224 e. The summed E-state index contributed by atoms with van der Waals surface area (Å²) in [6, 6.07) is 0.217. The lowest BCUT2D eigenvalue weighted by molar-refractivity contribution is -0.135. The topological polar surface area (TPSA) is 69.8 Å². The van der Waals surface area contributed by atoms with Gasteiger partial charge in [0.05, 0.1) is 6.61 Å². The molecule has 0 aliphatic carbocycles. The standard InChI is InChI=1S/C14H29N3O2/c1-3-4-12(15)11-14(19)17(9-10-18)13-5-7-16(2)8-6-13/h12-13,18H,3-11,15H2,1-2H3. The zero-order chi connectivity index (χ0) is 14.3. The molecule has 1 unspecified atom stereocenters. The molecule has 0 radical (unpaired) electrons. The van der Waals surface area contributed by atoms with Gasteiger partial charge in [0.2, 0.25) is 5.91 Å². The van der Waals surface area contributed by atoms with Crippen LogP contribution in [-0.4, -0.2) is 66.2 Å². The zero-order valence-electron chi connectivity index (χ0n) is 12.3. The third kappa shape index (κ3) is 5.47. The fourth-order valence-electron chi connectivity index (χ4n) is 2.74. The van der Waals surface area contributed by atoms with E-state index in [0.717, 1.165) is 38.8 Å². The number of hydrogen-bond donors (Lipinski definition) is 2. The van der Waals surface area contributed by atoms with Crippen LogP contribution >= 0.6 is 0 Å². The molecule has 1 atom stereocenters. The van der Waals surface area contributed by atoms with Gasteiger partial charge in [-0.05, 0) is 39.4 Å². The molecule has 0 aromatic heterocycles. The number of carbonyl (C=O) groups excluding carboxylic acids is 1. The first-order valence-corrected chi connectivity index (χ1v) is 7.43. The lowest BCUT2D eigenvalue weighted by atomic mass is 10.0. The molecule has 19 heavy (non-hydrogen) atoms. The van der Waals surface area contributed by atoms with Gasteiger partial charge >= 0.3 is 0 Å². The van der Waals surface area contributed by atoms with E-state index in [9.17, 15) is 9.90 Å². The van der Waals surface area contributed by atoms with E-state index in [2.05, 4.69) is 18.9 Å². The van der Waals surface area contributed by atoms with Gasteiger partial charge in [0.15, 0.2) is 0 Å².